The van der Waals surface area contributed by atoms with E-state index in [0.717, 1.165) is 10.9 Å². The largest absolute Gasteiger partial charge is 0.313 e. The van der Waals surface area contributed by atoms with Gasteiger partial charge in [-0.15, -0.1) is 0 Å². The van der Waals surface area contributed by atoms with E-state index in [1.165, 1.54) is 10.7 Å². The highest BCUT2D eigenvalue weighted by atomic mass is 35.5. The van der Waals surface area contributed by atoms with E-state index >= 15 is 0 Å². The third kappa shape index (κ3) is 1.84. The second-order valence-electron chi connectivity index (χ2n) is 3.98. The van der Waals surface area contributed by atoms with Crippen LogP contribution in [0.4, 0.5) is 5.69 Å². The molecule has 5 nitrogen and oxygen atoms in total. The molecule has 3 aromatic rings. The molecule has 1 aromatic heterocycles. The van der Waals surface area contributed by atoms with Crippen molar-refractivity contribution in [2.45, 2.75) is 0 Å². The number of nitrogens with zero attached hydrogens (tertiary/aromatic N) is 3. The number of halogens is 1. The maximum absolute atomic E-state index is 11.2. The van der Waals surface area contributed by atoms with Crippen molar-refractivity contribution >= 4 is 28.2 Å². The van der Waals surface area contributed by atoms with Gasteiger partial charge in [0.15, 0.2) is 0 Å². The second kappa shape index (κ2) is 4.37. The lowest BCUT2D eigenvalue weighted by molar-refractivity contribution is -0.384. The second-order valence-corrected chi connectivity index (χ2v) is 4.39. The van der Waals surface area contributed by atoms with E-state index in [2.05, 4.69) is 5.10 Å². The number of para-hydroxylation sites is 2. The Balaban J connectivity index is 2.33. The fraction of sp³-hybridized carbons (Fsp3) is 0. The molecule has 3 rings (SSSR count). The van der Waals surface area contributed by atoms with E-state index in [-0.39, 0.29) is 10.7 Å². The molecular weight excluding hydrogens is 266 g/mol. The standard InChI is InChI=1S/C13H8ClN3O2/c14-10-5-3-7-12(13(10)17(18)19)16-11-6-2-1-4-9(11)8-15-16/h1-8H. The molecule has 0 radical (unpaired) electrons. The molecule has 1 heterocycles. The molecule has 0 fully saturated rings. The Morgan fingerprint density at radius 1 is 1.16 bits per heavy atom. The van der Waals surface area contributed by atoms with E-state index in [4.69, 9.17) is 11.6 Å². The van der Waals surface area contributed by atoms with Crippen LogP contribution in [-0.4, -0.2) is 14.7 Å². The number of fused-ring (bicyclic) bond motifs is 1. The van der Waals surface area contributed by atoms with Crippen molar-refractivity contribution in [3.05, 3.63) is 63.8 Å². The van der Waals surface area contributed by atoms with E-state index < -0.39 is 4.92 Å². The van der Waals surface area contributed by atoms with Gasteiger partial charge < -0.3 is 0 Å². The maximum Gasteiger partial charge on any atom is 0.313 e. The lowest BCUT2D eigenvalue weighted by Gasteiger charge is -2.05. The highest BCUT2D eigenvalue weighted by molar-refractivity contribution is 6.33. The van der Waals surface area contributed by atoms with E-state index in [1.54, 1.807) is 18.3 Å². The average Bonchev–Trinajstić information content (AvgIpc) is 2.81. The van der Waals surface area contributed by atoms with Crippen molar-refractivity contribution < 1.29 is 4.92 Å². The Hall–Kier alpha value is -2.40. The van der Waals surface area contributed by atoms with Gasteiger partial charge in [0.05, 0.1) is 16.6 Å². The fourth-order valence-electron chi connectivity index (χ4n) is 2.02. The summed E-state index contributed by atoms with van der Waals surface area (Å²) in [6.45, 7) is 0. The number of nitro benzene ring substituents is 1. The Labute approximate surface area is 113 Å². The van der Waals surface area contributed by atoms with Crippen LogP contribution < -0.4 is 0 Å². The van der Waals surface area contributed by atoms with Crippen LogP contribution in [0, 0.1) is 10.1 Å². The molecular formula is C13H8ClN3O2. The molecule has 0 amide bonds. The lowest BCUT2D eigenvalue weighted by Crippen LogP contribution is -2.02. The summed E-state index contributed by atoms with van der Waals surface area (Å²) in [5.41, 5.74) is 1.02. The van der Waals surface area contributed by atoms with Gasteiger partial charge in [-0.3, -0.25) is 10.1 Å². The molecule has 0 unspecified atom stereocenters. The van der Waals surface area contributed by atoms with Crippen LogP contribution in [0.25, 0.3) is 16.6 Å². The van der Waals surface area contributed by atoms with E-state index in [9.17, 15) is 10.1 Å². The number of hydrogen-bond acceptors (Lipinski definition) is 3. The Kier molecular flexibility index (Phi) is 2.68. The smallest absolute Gasteiger partial charge is 0.258 e. The van der Waals surface area contributed by atoms with Gasteiger partial charge in [0.1, 0.15) is 10.7 Å². The highest BCUT2D eigenvalue weighted by Gasteiger charge is 2.21. The summed E-state index contributed by atoms with van der Waals surface area (Å²) in [5.74, 6) is 0. The maximum atomic E-state index is 11.2. The minimum Gasteiger partial charge on any atom is -0.258 e. The zero-order valence-corrected chi connectivity index (χ0v) is 10.4. The predicted octanol–water partition coefficient (Wildman–Crippen LogP) is 3.59. The van der Waals surface area contributed by atoms with Crippen molar-refractivity contribution in [1.82, 2.24) is 9.78 Å². The van der Waals surface area contributed by atoms with E-state index in [1.807, 2.05) is 24.3 Å². The molecule has 0 aliphatic carbocycles. The topological polar surface area (TPSA) is 61.0 Å². The third-order valence-electron chi connectivity index (χ3n) is 2.85. The Bertz CT molecular complexity index is 782. The van der Waals surface area contributed by atoms with Crippen LogP contribution in [0.2, 0.25) is 5.02 Å². The number of benzene rings is 2. The molecule has 0 aliphatic rings. The molecule has 19 heavy (non-hydrogen) atoms. The molecule has 0 aliphatic heterocycles. The monoisotopic (exact) mass is 273 g/mol. The first-order chi connectivity index (χ1) is 9.18. The summed E-state index contributed by atoms with van der Waals surface area (Å²) in [7, 11) is 0. The van der Waals surface area contributed by atoms with Gasteiger partial charge in [-0.1, -0.05) is 35.9 Å². The molecule has 0 saturated heterocycles. The molecule has 2 aromatic carbocycles. The first-order valence-electron chi connectivity index (χ1n) is 5.54. The van der Waals surface area contributed by atoms with Crippen molar-refractivity contribution in [1.29, 1.82) is 0 Å². The normalized spacial score (nSPS) is 10.8. The SMILES string of the molecule is O=[N+]([O-])c1c(Cl)cccc1-n1ncc2ccccc21. The van der Waals surface area contributed by atoms with Gasteiger partial charge in [-0.2, -0.15) is 5.10 Å². The molecule has 0 atom stereocenters. The molecule has 0 spiro atoms. The first-order valence-corrected chi connectivity index (χ1v) is 5.92. The van der Waals surface area contributed by atoms with Gasteiger partial charge in [0.25, 0.3) is 0 Å². The van der Waals surface area contributed by atoms with Crippen molar-refractivity contribution in [2.75, 3.05) is 0 Å². The van der Waals surface area contributed by atoms with Crippen LogP contribution in [0.1, 0.15) is 0 Å². The predicted molar refractivity (Wildman–Crippen MR) is 72.7 cm³/mol. The zero-order valence-electron chi connectivity index (χ0n) is 9.65. The van der Waals surface area contributed by atoms with Gasteiger partial charge in [0, 0.05) is 5.39 Å². The van der Waals surface area contributed by atoms with Crippen molar-refractivity contribution in [2.24, 2.45) is 0 Å². The molecule has 94 valence electrons. The summed E-state index contributed by atoms with van der Waals surface area (Å²) in [5, 5.41) is 16.4. The number of aromatic nitrogens is 2. The molecule has 6 heteroatoms. The fourth-order valence-corrected chi connectivity index (χ4v) is 2.26. The summed E-state index contributed by atoms with van der Waals surface area (Å²) in [6.07, 6.45) is 1.67. The first kappa shape index (κ1) is 11.7. The minimum atomic E-state index is -0.492. The highest BCUT2D eigenvalue weighted by Crippen LogP contribution is 2.32. The van der Waals surface area contributed by atoms with Gasteiger partial charge >= 0.3 is 5.69 Å². The van der Waals surface area contributed by atoms with Crippen molar-refractivity contribution in [3.8, 4) is 5.69 Å². The van der Waals surface area contributed by atoms with Crippen LogP contribution in [0.3, 0.4) is 0 Å². The summed E-state index contributed by atoms with van der Waals surface area (Å²) in [6, 6.07) is 12.3. The van der Waals surface area contributed by atoms with Crippen LogP contribution >= 0.6 is 11.6 Å². The van der Waals surface area contributed by atoms with Gasteiger partial charge in [0.2, 0.25) is 0 Å². The summed E-state index contributed by atoms with van der Waals surface area (Å²) < 4.78 is 1.53. The van der Waals surface area contributed by atoms with Crippen LogP contribution in [0.5, 0.6) is 0 Å². The Morgan fingerprint density at radius 3 is 2.74 bits per heavy atom. The number of rotatable bonds is 2. The zero-order chi connectivity index (χ0) is 13.4. The quantitative estimate of drug-likeness (QED) is 0.529. The minimum absolute atomic E-state index is 0.0991. The van der Waals surface area contributed by atoms with Crippen LogP contribution in [0.15, 0.2) is 48.7 Å². The number of hydrogen-bond donors (Lipinski definition) is 0. The average molecular weight is 274 g/mol. The third-order valence-corrected chi connectivity index (χ3v) is 3.16. The van der Waals surface area contributed by atoms with Crippen molar-refractivity contribution in [3.63, 3.8) is 0 Å². The van der Waals surface area contributed by atoms with Crippen LogP contribution in [-0.2, 0) is 0 Å². The van der Waals surface area contributed by atoms with E-state index in [0.29, 0.717) is 5.69 Å². The molecule has 0 bridgehead atoms. The Morgan fingerprint density at radius 2 is 1.95 bits per heavy atom. The molecule has 0 N–H and O–H groups in total. The summed E-state index contributed by atoms with van der Waals surface area (Å²) in [4.78, 5) is 10.7. The van der Waals surface area contributed by atoms with Gasteiger partial charge in [-0.25, -0.2) is 4.68 Å². The molecule has 0 saturated carbocycles. The summed E-state index contributed by atoms with van der Waals surface area (Å²) >= 11 is 5.91. The van der Waals surface area contributed by atoms with Gasteiger partial charge in [-0.05, 0) is 18.2 Å². The lowest BCUT2D eigenvalue weighted by atomic mass is 10.2. The number of nitro groups is 1.